The van der Waals surface area contributed by atoms with Crippen molar-refractivity contribution in [2.75, 3.05) is 134 Å². The molecular formula is C29H44N10O6. The van der Waals surface area contributed by atoms with Crippen LogP contribution in [0, 0.1) is 0 Å². The summed E-state index contributed by atoms with van der Waals surface area (Å²) in [5, 5.41) is 4.17. The predicted molar refractivity (Wildman–Crippen MR) is 168 cm³/mol. The highest BCUT2D eigenvalue weighted by Crippen LogP contribution is 2.35. The number of likely N-dealkylation sites (N-methyl/N-ethyl adjacent to an activating group) is 1. The average molecular weight is 629 g/mol. The molecule has 246 valence electrons. The fraction of sp³-hybridized carbons (Fsp3) is 0.655. The SMILES string of the molecule is COCCN(CCOC)c1nc(N2CCc3nocc3C2)c2nc(N(CCOC)CCOC)nc(N3CCN(C)C(=O)C3)c2n1. The highest BCUT2D eigenvalue weighted by molar-refractivity contribution is 5.96. The van der Waals surface area contributed by atoms with Gasteiger partial charge in [-0.25, -0.2) is 9.97 Å². The van der Waals surface area contributed by atoms with Crippen LogP contribution < -0.4 is 19.6 Å². The van der Waals surface area contributed by atoms with E-state index in [0.29, 0.717) is 120 Å². The lowest BCUT2D eigenvalue weighted by Crippen LogP contribution is -2.49. The number of ether oxygens (including phenoxy) is 4. The van der Waals surface area contributed by atoms with Gasteiger partial charge >= 0.3 is 0 Å². The van der Waals surface area contributed by atoms with Gasteiger partial charge in [-0.3, -0.25) is 4.79 Å². The van der Waals surface area contributed by atoms with Gasteiger partial charge < -0.3 is 48.0 Å². The van der Waals surface area contributed by atoms with Gasteiger partial charge in [-0.05, 0) is 0 Å². The molecule has 2 aliphatic rings. The second-order valence-corrected chi connectivity index (χ2v) is 11.0. The first kappa shape index (κ1) is 32.5. The molecule has 45 heavy (non-hydrogen) atoms. The molecule has 0 bridgehead atoms. The minimum atomic E-state index is 0.0116. The predicted octanol–water partition coefficient (Wildman–Crippen LogP) is 0.447. The van der Waals surface area contributed by atoms with Gasteiger partial charge in [0.1, 0.15) is 17.3 Å². The molecule has 16 nitrogen and oxygen atoms in total. The van der Waals surface area contributed by atoms with Crippen LogP contribution >= 0.6 is 0 Å². The van der Waals surface area contributed by atoms with E-state index < -0.39 is 0 Å². The Morgan fingerprint density at radius 1 is 0.733 bits per heavy atom. The van der Waals surface area contributed by atoms with Gasteiger partial charge in [0.25, 0.3) is 0 Å². The molecule has 1 amide bonds. The Balaban J connectivity index is 1.71. The molecule has 3 aromatic heterocycles. The molecule has 3 aromatic rings. The number of anilines is 4. The van der Waals surface area contributed by atoms with Crippen LogP contribution in [0.4, 0.5) is 23.5 Å². The van der Waals surface area contributed by atoms with Gasteiger partial charge in [0.05, 0.1) is 38.7 Å². The number of fused-ring (bicyclic) bond motifs is 2. The van der Waals surface area contributed by atoms with E-state index in [1.807, 2.05) is 21.7 Å². The van der Waals surface area contributed by atoms with E-state index in [0.717, 1.165) is 11.3 Å². The summed E-state index contributed by atoms with van der Waals surface area (Å²) in [4.78, 5) is 43.4. The maximum Gasteiger partial charge on any atom is 0.241 e. The van der Waals surface area contributed by atoms with Crippen molar-refractivity contribution < 1.29 is 28.3 Å². The van der Waals surface area contributed by atoms with Crippen LogP contribution in [0.1, 0.15) is 11.3 Å². The molecule has 0 unspecified atom stereocenters. The van der Waals surface area contributed by atoms with Gasteiger partial charge in [0.15, 0.2) is 11.6 Å². The Labute approximate surface area is 263 Å². The number of rotatable bonds is 16. The number of amides is 1. The molecule has 0 aliphatic carbocycles. The second kappa shape index (κ2) is 15.4. The van der Waals surface area contributed by atoms with E-state index in [1.54, 1.807) is 39.6 Å². The molecule has 5 rings (SSSR count). The first-order valence-corrected chi connectivity index (χ1v) is 15.2. The monoisotopic (exact) mass is 628 g/mol. The fourth-order valence-electron chi connectivity index (χ4n) is 5.38. The number of hydrogen-bond acceptors (Lipinski definition) is 15. The van der Waals surface area contributed by atoms with Crippen molar-refractivity contribution >= 4 is 40.5 Å². The zero-order chi connectivity index (χ0) is 31.8. The van der Waals surface area contributed by atoms with Crippen molar-refractivity contribution in [3.63, 3.8) is 0 Å². The van der Waals surface area contributed by atoms with Crippen molar-refractivity contribution in [2.45, 2.75) is 13.0 Å². The number of aromatic nitrogens is 5. The van der Waals surface area contributed by atoms with Crippen LogP contribution in [-0.4, -0.2) is 150 Å². The number of methoxy groups -OCH3 is 4. The average Bonchev–Trinajstić information content (AvgIpc) is 3.53. The Bertz CT molecular complexity index is 1410. The normalized spacial score (nSPS) is 15.2. The standard InChI is InChI=1S/C29H44N10O6/c1-35-8-9-39(19-23(35)40)27-25-24(30-29(33-27)37(12-16-43-4)13-17-44-5)26(38-7-6-22-21(18-38)20-45-34-22)32-28(31-25)36(10-14-41-2)11-15-42-3/h20H,6-19H2,1-5H3. The Kier molecular flexibility index (Phi) is 11.2. The van der Waals surface area contributed by atoms with E-state index in [4.69, 9.17) is 43.4 Å². The van der Waals surface area contributed by atoms with E-state index in [9.17, 15) is 4.79 Å². The van der Waals surface area contributed by atoms with Crippen molar-refractivity contribution in [2.24, 2.45) is 0 Å². The second-order valence-electron chi connectivity index (χ2n) is 11.0. The maximum atomic E-state index is 12.9. The zero-order valence-electron chi connectivity index (χ0n) is 26.9. The lowest BCUT2D eigenvalue weighted by atomic mass is 10.1. The summed E-state index contributed by atoms with van der Waals surface area (Å²) in [5.74, 6) is 2.27. The summed E-state index contributed by atoms with van der Waals surface area (Å²) in [5.41, 5.74) is 3.13. The highest BCUT2D eigenvalue weighted by atomic mass is 16.5. The molecule has 0 aromatic carbocycles. The van der Waals surface area contributed by atoms with Crippen LogP contribution in [0.15, 0.2) is 10.8 Å². The summed E-state index contributed by atoms with van der Waals surface area (Å²) in [6, 6.07) is 0. The molecule has 0 N–H and O–H groups in total. The Morgan fingerprint density at radius 3 is 1.73 bits per heavy atom. The Morgan fingerprint density at radius 2 is 1.24 bits per heavy atom. The number of carbonyl (C=O) groups is 1. The summed E-state index contributed by atoms with van der Waals surface area (Å²) in [7, 11) is 8.49. The molecule has 1 saturated heterocycles. The molecule has 1 fully saturated rings. The highest BCUT2D eigenvalue weighted by Gasteiger charge is 2.30. The number of piperazine rings is 1. The summed E-state index contributed by atoms with van der Waals surface area (Å²) in [6.45, 7) is 6.71. The van der Waals surface area contributed by atoms with Crippen LogP contribution in [0.25, 0.3) is 11.0 Å². The smallest absolute Gasteiger partial charge is 0.241 e. The molecule has 0 atom stereocenters. The van der Waals surface area contributed by atoms with Crippen molar-refractivity contribution in [3.8, 4) is 0 Å². The molecule has 16 heteroatoms. The first-order chi connectivity index (χ1) is 22.0. The largest absolute Gasteiger partial charge is 0.383 e. The van der Waals surface area contributed by atoms with Gasteiger partial charge in [0, 0.05) is 99.8 Å². The lowest BCUT2D eigenvalue weighted by Gasteiger charge is -2.34. The first-order valence-electron chi connectivity index (χ1n) is 15.2. The molecule has 0 saturated carbocycles. The number of nitrogens with zero attached hydrogens (tertiary/aromatic N) is 10. The van der Waals surface area contributed by atoms with Crippen molar-refractivity contribution in [1.82, 2.24) is 30.0 Å². The lowest BCUT2D eigenvalue weighted by molar-refractivity contribution is -0.129. The topological polar surface area (TPSA) is 148 Å². The van der Waals surface area contributed by atoms with Gasteiger partial charge in [0.2, 0.25) is 17.8 Å². The van der Waals surface area contributed by atoms with Crippen LogP contribution in [0.3, 0.4) is 0 Å². The number of carbonyl (C=O) groups excluding carboxylic acids is 1. The third kappa shape index (κ3) is 7.52. The molecule has 5 heterocycles. The van der Waals surface area contributed by atoms with Gasteiger partial charge in [-0.1, -0.05) is 5.16 Å². The maximum absolute atomic E-state index is 12.9. The third-order valence-corrected chi connectivity index (χ3v) is 8.07. The molecule has 0 radical (unpaired) electrons. The molecule has 2 aliphatic heterocycles. The van der Waals surface area contributed by atoms with E-state index >= 15 is 0 Å². The van der Waals surface area contributed by atoms with Crippen LogP contribution in [0.5, 0.6) is 0 Å². The summed E-state index contributed by atoms with van der Waals surface area (Å²) < 4.78 is 27.0. The van der Waals surface area contributed by atoms with E-state index in [2.05, 4.69) is 10.1 Å². The summed E-state index contributed by atoms with van der Waals surface area (Å²) in [6.07, 6.45) is 2.39. The third-order valence-electron chi connectivity index (χ3n) is 8.07. The quantitative estimate of drug-likeness (QED) is 0.216. The minimum Gasteiger partial charge on any atom is -0.383 e. The number of hydrogen-bond donors (Lipinski definition) is 0. The van der Waals surface area contributed by atoms with Crippen LogP contribution in [-0.2, 0) is 36.7 Å². The van der Waals surface area contributed by atoms with E-state index in [1.165, 1.54) is 0 Å². The van der Waals surface area contributed by atoms with E-state index in [-0.39, 0.29) is 12.5 Å². The minimum absolute atomic E-state index is 0.0116. The molecular weight excluding hydrogens is 584 g/mol. The molecule has 0 spiro atoms. The van der Waals surface area contributed by atoms with Gasteiger partial charge in [-0.2, -0.15) is 9.97 Å². The summed E-state index contributed by atoms with van der Waals surface area (Å²) >= 11 is 0. The van der Waals surface area contributed by atoms with Crippen molar-refractivity contribution in [1.29, 1.82) is 0 Å². The van der Waals surface area contributed by atoms with Gasteiger partial charge in [-0.15, -0.1) is 0 Å². The zero-order valence-corrected chi connectivity index (χ0v) is 26.9. The van der Waals surface area contributed by atoms with Crippen LogP contribution in [0.2, 0.25) is 0 Å². The fourth-order valence-corrected chi connectivity index (χ4v) is 5.38. The Hall–Kier alpha value is -3.86. The van der Waals surface area contributed by atoms with Crippen molar-refractivity contribution in [3.05, 3.63) is 17.5 Å².